The summed E-state index contributed by atoms with van der Waals surface area (Å²) in [7, 11) is 0. The van der Waals surface area contributed by atoms with Gasteiger partial charge < -0.3 is 10.2 Å². The molecule has 0 spiro atoms. The van der Waals surface area contributed by atoms with Gasteiger partial charge in [-0.15, -0.1) is 5.10 Å². The van der Waals surface area contributed by atoms with Crippen molar-refractivity contribution < 1.29 is 4.79 Å². The fraction of sp³-hybridized carbons (Fsp3) is 0.308. The van der Waals surface area contributed by atoms with E-state index in [1.54, 1.807) is 6.20 Å². The van der Waals surface area contributed by atoms with Crippen molar-refractivity contribution in [3.63, 3.8) is 0 Å². The van der Waals surface area contributed by atoms with Crippen molar-refractivity contribution in [2.75, 3.05) is 18.0 Å². The van der Waals surface area contributed by atoms with Gasteiger partial charge in [-0.25, -0.2) is 0 Å². The second-order valence-electron chi connectivity index (χ2n) is 4.56. The third kappa shape index (κ3) is 2.16. The van der Waals surface area contributed by atoms with Gasteiger partial charge in [0.1, 0.15) is 6.04 Å². The van der Waals surface area contributed by atoms with Crippen LogP contribution < -0.4 is 10.2 Å². The van der Waals surface area contributed by atoms with Crippen LogP contribution in [-0.2, 0) is 4.79 Å². The first-order valence-corrected chi connectivity index (χ1v) is 6.91. The lowest BCUT2D eigenvalue weighted by atomic mass is 10.1. The fourth-order valence-electron chi connectivity index (χ4n) is 2.33. The number of rotatable bonds is 1. The average molecular weight is 321 g/mol. The maximum atomic E-state index is 11.8. The van der Waals surface area contributed by atoms with Crippen LogP contribution in [0.1, 0.15) is 6.92 Å². The first kappa shape index (κ1) is 12.3. The van der Waals surface area contributed by atoms with Crippen molar-refractivity contribution in [3.05, 3.63) is 28.9 Å². The molecule has 1 aliphatic rings. The minimum Gasteiger partial charge on any atom is -0.353 e. The molecule has 0 aliphatic carbocycles. The summed E-state index contributed by atoms with van der Waals surface area (Å²) in [5.41, 5.74) is 0. The number of nitrogens with one attached hydrogen (secondary N) is 1. The highest BCUT2D eigenvalue weighted by Crippen LogP contribution is 2.27. The minimum absolute atomic E-state index is 0.0298. The number of hydrogen-bond acceptors (Lipinski definition) is 4. The van der Waals surface area contributed by atoms with Gasteiger partial charge in [-0.1, -0.05) is 15.9 Å². The van der Waals surface area contributed by atoms with E-state index in [1.165, 1.54) is 0 Å². The van der Waals surface area contributed by atoms with Gasteiger partial charge in [-0.05, 0) is 25.1 Å². The first-order valence-electron chi connectivity index (χ1n) is 6.12. The molecule has 1 N–H and O–H groups in total. The lowest BCUT2D eigenvalue weighted by Gasteiger charge is -2.33. The van der Waals surface area contributed by atoms with Crippen LogP contribution in [0, 0.1) is 0 Å². The smallest absolute Gasteiger partial charge is 0.242 e. The van der Waals surface area contributed by atoms with E-state index in [4.69, 9.17) is 0 Å². The predicted molar refractivity (Wildman–Crippen MR) is 77.1 cm³/mol. The van der Waals surface area contributed by atoms with Gasteiger partial charge in [0.15, 0.2) is 5.82 Å². The van der Waals surface area contributed by atoms with E-state index in [0.29, 0.717) is 6.54 Å². The molecule has 5 nitrogen and oxygen atoms in total. The SMILES string of the molecule is C[C@@H]1C(=O)NCCN1c1nncc2cc(Br)ccc12. The van der Waals surface area contributed by atoms with E-state index in [0.717, 1.165) is 27.6 Å². The van der Waals surface area contributed by atoms with Crippen LogP contribution in [-0.4, -0.2) is 35.2 Å². The quantitative estimate of drug-likeness (QED) is 0.869. The molecule has 6 heteroatoms. The Kier molecular flexibility index (Phi) is 3.10. The second-order valence-corrected chi connectivity index (χ2v) is 5.48. The number of carbonyl (C=O) groups excluding carboxylic acids is 1. The Balaban J connectivity index is 2.12. The summed E-state index contributed by atoms with van der Waals surface area (Å²) >= 11 is 3.45. The molecule has 1 fully saturated rings. The molecule has 2 heterocycles. The molecule has 2 aromatic rings. The zero-order valence-corrected chi connectivity index (χ0v) is 12.0. The van der Waals surface area contributed by atoms with E-state index in [-0.39, 0.29) is 11.9 Å². The highest BCUT2D eigenvalue weighted by atomic mass is 79.9. The van der Waals surface area contributed by atoms with Crippen molar-refractivity contribution in [2.45, 2.75) is 13.0 Å². The number of halogens is 1. The van der Waals surface area contributed by atoms with Gasteiger partial charge >= 0.3 is 0 Å². The third-order valence-electron chi connectivity index (χ3n) is 3.37. The van der Waals surface area contributed by atoms with E-state index in [2.05, 4.69) is 31.4 Å². The molecular formula is C13H13BrN4O. The molecule has 19 heavy (non-hydrogen) atoms. The summed E-state index contributed by atoms with van der Waals surface area (Å²) in [5.74, 6) is 0.800. The Hall–Kier alpha value is -1.69. The lowest BCUT2D eigenvalue weighted by molar-refractivity contribution is -0.122. The highest BCUT2D eigenvalue weighted by molar-refractivity contribution is 9.10. The largest absolute Gasteiger partial charge is 0.353 e. The summed E-state index contributed by atoms with van der Waals surface area (Å²) in [4.78, 5) is 13.8. The van der Waals surface area contributed by atoms with Crippen LogP contribution >= 0.6 is 15.9 Å². The summed E-state index contributed by atoms with van der Waals surface area (Å²) < 4.78 is 1.00. The molecule has 1 atom stereocenters. The molecule has 98 valence electrons. The summed E-state index contributed by atoms with van der Waals surface area (Å²) in [6, 6.07) is 5.75. The second kappa shape index (κ2) is 4.77. The number of anilines is 1. The first-order chi connectivity index (χ1) is 9.16. The van der Waals surface area contributed by atoms with Gasteiger partial charge in [0.05, 0.1) is 6.20 Å². The van der Waals surface area contributed by atoms with Crippen LogP contribution in [0.5, 0.6) is 0 Å². The number of carbonyl (C=O) groups is 1. The van der Waals surface area contributed by atoms with Gasteiger partial charge in [0.25, 0.3) is 0 Å². The predicted octanol–water partition coefficient (Wildman–Crippen LogP) is 1.72. The van der Waals surface area contributed by atoms with Crippen LogP contribution in [0.3, 0.4) is 0 Å². The number of aromatic nitrogens is 2. The Morgan fingerprint density at radius 2 is 2.32 bits per heavy atom. The number of benzene rings is 1. The summed E-state index contributed by atoms with van der Waals surface area (Å²) in [6.45, 7) is 3.27. The molecular weight excluding hydrogens is 308 g/mol. The Morgan fingerprint density at radius 1 is 1.47 bits per heavy atom. The van der Waals surface area contributed by atoms with Gasteiger partial charge in [0, 0.05) is 28.3 Å². The van der Waals surface area contributed by atoms with Gasteiger partial charge in [0.2, 0.25) is 5.91 Å². The van der Waals surface area contributed by atoms with E-state index >= 15 is 0 Å². The van der Waals surface area contributed by atoms with Gasteiger partial charge in [-0.2, -0.15) is 5.10 Å². The zero-order valence-electron chi connectivity index (χ0n) is 10.4. The molecule has 3 rings (SSSR count). The maximum absolute atomic E-state index is 11.8. The van der Waals surface area contributed by atoms with Crippen molar-refractivity contribution in [1.29, 1.82) is 0 Å². The molecule has 1 aromatic heterocycles. The zero-order chi connectivity index (χ0) is 13.4. The summed E-state index contributed by atoms with van der Waals surface area (Å²) in [5, 5.41) is 13.1. The van der Waals surface area contributed by atoms with E-state index in [1.807, 2.05) is 30.0 Å². The molecule has 1 amide bonds. The Labute approximate surface area is 119 Å². The van der Waals surface area contributed by atoms with Crippen LogP contribution in [0.2, 0.25) is 0 Å². The standard InChI is InChI=1S/C13H13BrN4O/c1-8-13(19)15-4-5-18(8)12-11-3-2-10(14)6-9(11)7-16-17-12/h2-3,6-8H,4-5H2,1H3,(H,15,19)/t8-/m1/s1. The number of piperazine rings is 1. The molecule has 0 saturated carbocycles. The molecule has 0 bridgehead atoms. The molecule has 0 unspecified atom stereocenters. The van der Waals surface area contributed by atoms with Crippen LogP contribution in [0.25, 0.3) is 10.8 Å². The number of fused-ring (bicyclic) bond motifs is 1. The van der Waals surface area contributed by atoms with Crippen molar-refractivity contribution in [3.8, 4) is 0 Å². The molecule has 1 aliphatic heterocycles. The number of amides is 1. The van der Waals surface area contributed by atoms with Gasteiger partial charge in [-0.3, -0.25) is 4.79 Å². The van der Waals surface area contributed by atoms with Crippen molar-refractivity contribution in [1.82, 2.24) is 15.5 Å². The number of nitrogens with zero attached hydrogens (tertiary/aromatic N) is 3. The lowest BCUT2D eigenvalue weighted by Crippen LogP contribution is -2.54. The Bertz CT molecular complexity index is 646. The highest BCUT2D eigenvalue weighted by Gasteiger charge is 2.27. The monoisotopic (exact) mass is 320 g/mol. The fourth-order valence-corrected chi connectivity index (χ4v) is 2.71. The molecule has 1 aromatic carbocycles. The average Bonchev–Trinajstić information content (AvgIpc) is 2.41. The van der Waals surface area contributed by atoms with E-state index in [9.17, 15) is 4.79 Å². The number of hydrogen-bond donors (Lipinski definition) is 1. The maximum Gasteiger partial charge on any atom is 0.242 e. The van der Waals surface area contributed by atoms with Crippen molar-refractivity contribution in [2.24, 2.45) is 0 Å². The van der Waals surface area contributed by atoms with Crippen molar-refractivity contribution >= 4 is 38.4 Å². The van der Waals surface area contributed by atoms with E-state index < -0.39 is 0 Å². The molecule has 1 saturated heterocycles. The minimum atomic E-state index is -0.225. The topological polar surface area (TPSA) is 58.1 Å². The van der Waals surface area contributed by atoms with Crippen LogP contribution in [0.15, 0.2) is 28.9 Å². The Morgan fingerprint density at radius 3 is 3.16 bits per heavy atom. The molecule has 0 radical (unpaired) electrons. The normalized spacial score (nSPS) is 19.6. The third-order valence-corrected chi connectivity index (χ3v) is 3.87. The van der Waals surface area contributed by atoms with Crippen LogP contribution in [0.4, 0.5) is 5.82 Å². The summed E-state index contributed by atoms with van der Waals surface area (Å²) in [6.07, 6.45) is 1.73.